The lowest BCUT2D eigenvalue weighted by atomic mass is 9.96. The number of hydrogen-bond donors (Lipinski definition) is 3. The molecule has 8 nitrogen and oxygen atoms in total. The molecule has 2 aromatic heterocycles. The van der Waals surface area contributed by atoms with Crippen molar-refractivity contribution in [3.05, 3.63) is 107 Å². The standard InChI is InChI=1S/C32H33N5O3S/c1-18(2)30(38)34-26-13-12-24(15-19(26)3)37-29(28(35-32(37)41)27-11-6-7-14-33-27)25-16-20(4)36(21(25)5)23-10-8-9-22(17-23)31(39)40/h6-18,28-29H,1-5H3,(H,34,38)(H,35,41)(H,39,40)/t28-,29-/m1/s1. The second-order valence-corrected chi connectivity index (χ2v) is 11.0. The molecule has 3 N–H and O–H groups in total. The number of aromatic carboxylic acids is 1. The van der Waals surface area contributed by atoms with Gasteiger partial charge in [0, 0.05) is 40.6 Å². The number of amides is 1. The van der Waals surface area contributed by atoms with Crippen LogP contribution in [0.15, 0.2) is 72.9 Å². The van der Waals surface area contributed by atoms with Crippen LogP contribution in [0.2, 0.25) is 0 Å². The van der Waals surface area contributed by atoms with Gasteiger partial charge in [-0.05, 0) is 98.7 Å². The van der Waals surface area contributed by atoms with Crippen LogP contribution in [0.5, 0.6) is 0 Å². The van der Waals surface area contributed by atoms with Crippen LogP contribution in [-0.4, -0.2) is 31.6 Å². The SMILES string of the molecule is Cc1cc(N2C(=S)N[C@H](c3ccccn3)[C@H]2c2cc(C)n(-c3cccc(C(=O)O)c3)c2C)ccc1NC(=O)C(C)C. The van der Waals surface area contributed by atoms with Gasteiger partial charge in [0.2, 0.25) is 5.91 Å². The van der Waals surface area contributed by atoms with E-state index >= 15 is 0 Å². The second-order valence-electron chi connectivity index (χ2n) is 10.7. The lowest BCUT2D eigenvalue weighted by Crippen LogP contribution is -2.29. The van der Waals surface area contributed by atoms with E-state index in [9.17, 15) is 14.7 Å². The Morgan fingerprint density at radius 3 is 2.44 bits per heavy atom. The van der Waals surface area contributed by atoms with E-state index in [-0.39, 0.29) is 29.5 Å². The maximum atomic E-state index is 12.3. The molecule has 0 radical (unpaired) electrons. The van der Waals surface area contributed by atoms with Gasteiger partial charge in [0.1, 0.15) is 0 Å². The zero-order chi connectivity index (χ0) is 29.4. The van der Waals surface area contributed by atoms with E-state index in [2.05, 4.69) is 31.2 Å². The van der Waals surface area contributed by atoms with Crippen LogP contribution >= 0.6 is 12.2 Å². The molecule has 2 atom stereocenters. The van der Waals surface area contributed by atoms with Gasteiger partial charge in [-0.3, -0.25) is 9.78 Å². The first kappa shape index (κ1) is 28.0. The monoisotopic (exact) mass is 567 g/mol. The lowest BCUT2D eigenvalue weighted by Gasteiger charge is -2.29. The van der Waals surface area contributed by atoms with Crippen molar-refractivity contribution in [2.45, 2.75) is 46.7 Å². The molecule has 5 rings (SSSR count). The maximum absolute atomic E-state index is 12.3. The molecular formula is C32H33N5O3S. The predicted octanol–water partition coefficient (Wildman–Crippen LogP) is 6.27. The fourth-order valence-electron chi connectivity index (χ4n) is 5.43. The fraction of sp³-hybridized carbons (Fsp3) is 0.250. The Morgan fingerprint density at radius 1 is 1.00 bits per heavy atom. The van der Waals surface area contributed by atoms with Gasteiger partial charge >= 0.3 is 5.97 Å². The Kier molecular flexibility index (Phi) is 7.64. The largest absolute Gasteiger partial charge is 0.478 e. The number of carbonyl (C=O) groups is 2. The quantitative estimate of drug-likeness (QED) is 0.227. The van der Waals surface area contributed by atoms with Crippen LogP contribution in [0.3, 0.4) is 0 Å². The Hall–Kier alpha value is -4.50. The molecule has 1 saturated heterocycles. The van der Waals surface area contributed by atoms with E-state index in [1.807, 2.05) is 77.1 Å². The lowest BCUT2D eigenvalue weighted by molar-refractivity contribution is -0.118. The first-order chi connectivity index (χ1) is 19.6. The van der Waals surface area contributed by atoms with Crippen LogP contribution in [0.4, 0.5) is 11.4 Å². The summed E-state index contributed by atoms with van der Waals surface area (Å²) in [4.78, 5) is 30.8. The molecule has 2 aromatic carbocycles. The van der Waals surface area contributed by atoms with E-state index in [1.165, 1.54) is 0 Å². The molecule has 1 fully saturated rings. The number of carbonyl (C=O) groups excluding carboxylic acids is 1. The minimum atomic E-state index is -0.968. The van der Waals surface area contributed by atoms with Crippen molar-refractivity contribution in [1.82, 2.24) is 14.9 Å². The molecule has 0 unspecified atom stereocenters. The predicted molar refractivity (Wildman–Crippen MR) is 165 cm³/mol. The average Bonchev–Trinajstić information content (AvgIpc) is 3.44. The van der Waals surface area contributed by atoms with Crippen LogP contribution < -0.4 is 15.5 Å². The van der Waals surface area contributed by atoms with Crippen molar-refractivity contribution >= 4 is 40.6 Å². The number of benzene rings is 2. The molecule has 41 heavy (non-hydrogen) atoms. The van der Waals surface area contributed by atoms with Gasteiger partial charge in [0.15, 0.2) is 5.11 Å². The molecule has 0 aliphatic carbocycles. The molecular weight excluding hydrogens is 534 g/mol. The molecule has 1 aliphatic rings. The van der Waals surface area contributed by atoms with Crippen molar-refractivity contribution in [2.24, 2.45) is 5.92 Å². The number of aryl methyl sites for hydroxylation is 2. The molecule has 1 aliphatic heterocycles. The topological polar surface area (TPSA) is 99.5 Å². The van der Waals surface area contributed by atoms with Crippen LogP contribution in [0.1, 0.15) is 64.5 Å². The van der Waals surface area contributed by atoms with Crippen molar-refractivity contribution in [2.75, 3.05) is 10.2 Å². The third kappa shape index (κ3) is 5.32. The Balaban J connectivity index is 1.62. The zero-order valence-electron chi connectivity index (χ0n) is 23.7. The van der Waals surface area contributed by atoms with E-state index in [4.69, 9.17) is 12.2 Å². The molecule has 0 saturated carbocycles. The van der Waals surface area contributed by atoms with E-state index in [0.717, 1.165) is 45.3 Å². The van der Waals surface area contributed by atoms with Crippen LogP contribution in [0.25, 0.3) is 5.69 Å². The highest BCUT2D eigenvalue weighted by molar-refractivity contribution is 7.80. The van der Waals surface area contributed by atoms with Crippen molar-refractivity contribution < 1.29 is 14.7 Å². The van der Waals surface area contributed by atoms with Crippen LogP contribution in [-0.2, 0) is 4.79 Å². The number of hydrogen-bond acceptors (Lipinski definition) is 4. The number of carboxylic acid groups (broad SMARTS) is 1. The highest BCUT2D eigenvalue weighted by Gasteiger charge is 2.42. The number of nitrogens with one attached hydrogen (secondary N) is 2. The summed E-state index contributed by atoms with van der Waals surface area (Å²) in [6, 6.07) is 20.4. The van der Waals surface area contributed by atoms with Crippen molar-refractivity contribution in [3.63, 3.8) is 0 Å². The molecule has 0 spiro atoms. The molecule has 210 valence electrons. The summed E-state index contributed by atoms with van der Waals surface area (Å²) in [5.41, 5.74) is 7.44. The van der Waals surface area contributed by atoms with Gasteiger partial charge in [0.05, 0.1) is 23.3 Å². The smallest absolute Gasteiger partial charge is 0.335 e. The number of aromatic nitrogens is 2. The summed E-state index contributed by atoms with van der Waals surface area (Å²) in [7, 11) is 0. The second kappa shape index (κ2) is 11.2. The summed E-state index contributed by atoms with van der Waals surface area (Å²) in [6.07, 6.45) is 1.77. The summed E-state index contributed by atoms with van der Waals surface area (Å²) in [6.45, 7) is 9.76. The van der Waals surface area contributed by atoms with Gasteiger partial charge < -0.3 is 25.2 Å². The molecule has 0 bridgehead atoms. The Labute approximate surface area is 245 Å². The Morgan fingerprint density at radius 2 is 1.78 bits per heavy atom. The van der Waals surface area contributed by atoms with Gasteiger partial charge in [-0.25, -0.2) is 4.79 Å². The number of thiocarbonyl (C=S) groups is 1. The van der Waals surface area contributed by atoms with Gasteiger partial charge in [0.25, 0.3) is 0 Å². The third-order valence-electron chi connectivity index (χ3n) is 7.51. The van der Waals surface area contributed by atoms with Gasteiger partial charge in [-0.15, -0.1) is 0 Å². The number of pyridine rings is 1. The third-order valence-corrected chi connectivity index (χ3v) is 7.82. The highest BCUT2D eigenvalue weighted by Crippen LogP contribution is 2.44. The van der Waals surface area contributed by atoms with E-state index in [1.54, 1.807) is 24.4 Å². The summed E-state index contributed by atoms with van der Waals surface area (Å²) < 4.78 is 2.08. The van der Waals surface area contributed by atoms with E-state index < -0.39 is 5.97 Å². The maximum Gasteiger partial charge on any atom is 0.335 e. The number of carboxylic acids is 1. The number of nitrogens with zero attached hydrogens (tertiary/aromatic N) is 3. The molecule has 4 aromatic rings. The number of rotatable bonds is 7. The molecule has 9 heteroatoms. The minimum Gasteiger partial charge on any atom is -0.478 e. The van der Waals surface area contributed by atoms with Gasteiger partial charge in [-0.2, -0.15) is 0 Å². The number of anilines is 2. The van der Waals surface area contributed by atoms with Gasteiger partial charge in [-0.1, -0.05) is 26.0 Å². The van der Waals surface area contributed by atoms with Crippen molar-refractivity contribution in [3.8, 4) is 5.69 Å². The summed E-state index contributed by atoms with van der Waals surface area (Å²) >= 11 is 5.92. The average molecular weight is 568 g/mol. The normalized spacial score (nSPS) is 16.6. The Bertz CT molecular complexity index is 1650. The molecule has 3 heterocycles. The molecule has 1 amide bonds. The summed E-state index contributed by atoms with van der Waals surface area (Å²) in [5, 5.41) is 16.7. The highest BCUT2D eigenvalue weighted by atomic mass is 32.1. The zero-order valence-corrected chi connectivity index (χ0v) is 24.5. The minimum absolute atomic E-state index is 0.0355. The van der Waals surface area contributed by atoms with E-state index in [0.29, 0.717) is 5.11 Å². The summed E-state index contributed by atoms with van der Waals surface area (Å²) in [5.74, 6) is -1.13. The first-order valence-corrected chi connectivity index (χ1v) is 13.9. The first-order valence-electron chi connectivity index (χ1n) is 13.5. The van der Waals surface area contributed by atoms with Crippen LogP contribution in [0, 0.1) is 26.7 Å². The van der Waals surface area contributed by atoms with Crippen molar-refractivity contribution in [1.29, 1.82) is 0 Å². The fourth-order valence-corrected chi connectivity index (χ4v) is 5.77.